The van der Waals surface area contributed by atoms with E-state index in [1.807, 2.05) is 13.1 Å². The fourth-order valence-electron chi connectivity index (χ4n) is 1.94. The van der Waals surface area contributed by atoms with Crippen molar-refractivity contribution in [2.75, 3.05) is 18.9 Å². The molecule has 2 rings (SSSR count). The number of likely N-dealkylation sites (N-methyl/N-ethyl adjacent to an activating group) is 1. The van der Waals surface area contributed by atoms with Gasteiger partial charge in [0.2, 0.25) is 0 Å². The number of rotatable bonds is 5. The second-order valence-electron chi connectivity index (χ2n) is 4.81. The van der Waals surface area contributed by atoms with Crippen LogP contribution in [0.25, 0.3) is 0 Å². The van der Waals surface area contributed by atoms with Gasteiger partial charge < -0.3 is 14.7 Å². The van der Waals surface area contributed by atoms with Crippen LogP contribution in [0.3, 0.4) is 0 Å². The molecule has 20 heavy (non-hydrogen) atoms. The average Bonchev–Trinajstić information content (AvgIpc) is 2.74. The Balaban J connectivity index is 1.84. The maximum absolute atomic E-state index is 13.1. The molecule has 0 fully saturated rings. The van der Waals surface area contributed by atoms with Crippen LogP contribution in [0.4, 0.5) is 10.2 Å². The van der Waals surface area contributed by atoms with E-state index in [0.29, 0.717) is 18.1 Å². The first-order valence-electron chi connectivity index (χ1n) is 6.32. The SMILES string of the molecule is Cc1cc(NC(=O)C[NH+](C)Cc2cccc(F)c2)no1. The quantitative estimate of drug-likeness (QED) is 0.849. The van der Waals surface area contributed by atoms with Crippen LogP contribution in [0.1, 0.15) is 11.3 Å². The van der Waals surface area contributed by atoms with E-state index in [0.717, 1.165) is 10.5 Å². The summed E-state index contributed by atoms with van der Waals surface area (Å²) in [6.07, 6.45) is 0. The molecule has 1 amide bonds. The Morgan fingerprint density at radius 1 is 1.45 bits per heavy atom. The minimum absolute atomic E-state index is 0.160. The normalized spacial score (nSPS) is 12.2. The zero-order valence-electron chi connectivity index (χ0n) is 11.4. The molecular weight excluding hydrogens is 261 g/mol. The second-order valence-corrected chi connectivity index (χ2v) is 4.81. The molecule has 1 atom stereocenters. The van der Waals surface area contributed by atoms with Gasteiger partial charge in [-0.2, -0.15) is 0 Å². The van der Waals surface area contributed by atoms with Gasteiger partial charge in [-0.05, 0) is 19.1 Å². The Bertz CT molecular complexity index is 598. The van der Waals surface area contributed by atoms with E-state index in [9.17, 15) is 9.18 Å². The molecule has 0 radical (unpaired) electrons. The van der Waals surface area contributed by atoms with E-state index in [4.69, 9.17) is 4.52 Å². The number of benzene rings is 1. The first-order chi connectivity index (χ1) is 9.52. The molecule has 0 aliphatic carbocycles. The molecule has 1 aromatic heterocycles. The van der Waals surface area contributed by atoms with Crippen LogP contribution in [0.2, 0.25) is 0 Å². The second kappa shape index (κ2) is 6.29. The molecule has 1 aromatic carbocycles. The molecule has 106 valence electrons. The largest absolute Gasteiger partial charge is 0.360 e. The molecule has 0 aliphatic rings. The number of nitrogens with zero attached hydrogens (tertiary/aromatic N) is 1. The van der Waals surface area contributed by atoms with Crippen molar-refractivity contribution >= 4 is 11.7 Å². The van der Waals surface area contributed by atoms with Crippen molar-refractivity contribution in [3.63, 3.8) is 0 Å². The van der Waals surface area contributed by atoms with Gasteiger partial charge in [0.05, 0.1) is 7.05 Å². The molecule has 0 saturated heterocycles. The van der Waals surface area contributed by atoms with Crippen LogP contribution in [0.15, 0.2) is 34.9 Å². The third kappa shape index (κ3) is 4.17. The van der Waals surface area contributed by atoms with Crippen molar-refractivity contribution in [2.24, 2.45) is 0 Å². The van der Waals surface area contributed by atoms with Gasteiger partial charge in [0.15, 0.2) is 12.4 Å². The van der Waals surface area contributed by atoms with E-state index in [1.165, 1.54) is 12.1 Å². The number of carbonyl (C=O) groups excluding carboxylic acids is 1. The highest BCUT2D eigenvalue weighted by molar-refractivity contribution is 5.90. The number of amides is 1. The zero-order valence-corrected chi connectivity index (χ0v) is 11.4. The fraction of sp³-hybridized carbons (Fsp3) is 0.286. The summed E-state index contributed by atoms with van der Waals surface area (Å²) < 4.78 is 17.9. The number of hydrogen-bond donors (Lipinski definition) is 2. The number of aromatic nitrogens is 1. The molecular formula is C14H17FN3O2+. The summed E-state index contributed by atoms with van der Waals surface area (Å²) >= 11 is 0. The monoisotopic (exact) mass is 278 g/mol. The van der Waals surface area contributed by atoms with Gasteiger partial charge in [-0.3, -0.25) is 4.79 Å². The molecule has 0 aliphatic heterocycles. The van der Waals surface area contributed by atoms with E-state index in [1.54, 1.807) is 19.1 Å². The summed E-state index contributed by atoms with van der Waals surface area (Å²) in [5.74, 6) is 0.622. The highest BCUT2D eigenvalue weighted by Crippen LogP contribution is 2.06. The lowest BCUT2D eigenvalue weighted by Crippen LogP contribution is -3.08. The summed E-state index contributed by atoms with van der Waals surface area (Å²) in [6.45, 7) is 2.59. The summed E-state index contributed by atoms with van der Waals surface area (Å²) in [7, 11) is 1.87. The van der Waals surface area contributed by atoms with Crippen LogP contribution in [-0.2, 0) is 11.3 Å². The van der Waals surface area contributed by atoms with Gasteiger partial charge in [0, 0.05) is 11.6 Å². The number of nitrogens with one attached hydrogen (secondary N) is 2. The number of aryl methyl sites for hydroxylation is 1. The van der Waals surface area contributed by atoms with Crippen LogP contribution in [-0.4, -0.2) is 24.7 Å². The first kappa shape index (κ1) is 14.2. The molecule has 0 bridgehead atoms. The minimum atomic E-state index is -0.266. The highest BCUT2D eigenvalue weighted by atomic mass is 19.1. The predicted molar refractivity (Wildman–Crippen MR) is 71.7 cm³/mol. The van der Waals surface area contributed by atoms with Crippen LogP contribution in [0, 0.1) is 12.7 Å². The van der Waals surface area contributed by atoms with E-state index in [2.05, 4.69) is 10.5 Å². The molecule has 5 nitrogen and oxygen atoms in total. The maximum Gasteiger partial charge on any atom is 0.280 e. The zero-order chi connectivity index (χ0) is 14.5. The van der Waals surface area contributed by atoms with Crippen molar-refractivity contribution in [3.8, 4) is 0 Å². The molecule has 2 aromatic rings. The standard InChI is InChI=1S/C14H16FN3O2/c1-10-6-13(17-20-10)16-14(19)9-18(2)8-11-4-3-5-12(15)7-11/h3-7H,8-9H2,1-2H3,(H,16,17,19)/p+1. The van der Waals surface area contributed by atoms with Crippen LogP contribution in [0.5, 0.6) is 0 Å². The van der Waals surface area contributed by atoms with E-state index >= 15 is 0 Å². The van der Waals surface area contributed by atoms with Gasteiger partial charge in [0.25, 0.3) is 5.91 Å². The van der Waals surface area contributed by atoms with Crippen molar-refractivity contribution in [1.29, 1.82) is 0 Å². The smallest absolute Gasteiger partial charge is 0.280 e. The average molecular weight is 278 g/mol. The number of hydrogen-bond acceptors (Lipinski definition) is 3. The van der Waals surface area contributed by atoms with Gasteiger partial charge in [0.1, 0.15) is 18.1 Å². The van der Waals surface area contributed by atoms with Crippen molar-refractivity contribution < 1.29 is 18.6 Å². The van der Waals surface area contributed by atoms with Gasteiger partial charge in [-0.1, -0.05) is 17.3 Å². The summed E-state index contributed by atoms with van der Waals surface area (Å²) in [5.41, 5.74) is 0.854. The fourth-order valence-corrected chi connectivity index (χ4v) is 1.94. The van der Waals surface area contributed by atoms with Crippen LogP contribution < -0.4 is 10.2 Å². The Labute approximate surface area is 116 Å². The molecule has 0 saturated carbocycles. The van der Waals surface area contributed by atoms with Crippen molar-refractivity contribution in [3.05, 3.63) is 47.5 Å². The van der Waals surface area contributed by atoms with E-state index < -0.39 is 0 Å². The lowest BCUT2D eigenvalue weighted by molar-refractivity contribution is -0.885. The molecule has 0 spiro atoms. The Morgan fingerprint density at radius 2 is 2.25 bits per heavy atom. The molecule has 2 N–H and O–H groups in total. The number of quaternary nitrogens is 1. The van der Waals surface area contributed by atoms with Crippen molar-refractivity contribution in [2.45, 2.75) is 13.5 Å². The lowest BCUT2D eigenvalue weighted by atomic mass is 10.2. The third-order valence-corrected chi connectivity index (χ3v) is 2.75. The molecule has 1 unspecified atom stereocenters. The number of carbonyl (C=O) groups is 1. The molecule has 1 heterocycles. The third-order valence-electron chi connectivity index (χ3n) is 2.75. The lowest BCUT2D eigenvalue weighted by Gasteiger charge is -2.13. The number of anilines is 1. The maximum atomic E-state index is 13.1. The summed E-state index contributed by atoms with van der Waals surface area (Å²) in [6, 6.07) is 8.03. The highest BCUT2D eigenvalue weighted by Gasteiger charge is 2.12. The van der Waals surface area contributed by atoms with Gasteiger partial charge >= 0.3 is 0 Å². The summed E-state index contributed by atoms with van der Waals surface area (Å²) in [4.78, 5) is 12.8. The first-order valence-corrected chi connectivity index (χ1v) is 6.32. The Morgan fingerprint density at radius 3 is 2.90 bits per heavy atom. The van der Waals surface area contributed by atoms with E-state index in [-0.39, 0.29) is 18.3 Å². The topological polar surface area (TPSA) is 59.6 Å². The molecule has 6 heteroatoms. The Kier molecular flexibility index (Phi) is 4.47. The van der Waals surface area contributed by atoms with Crippen molar-refractivity contribution in [1.82, 2.24) is 5.16 Å². The van der Waals surface area contributed by atoms with Crippen LogP contribution >= 0.6 is 0 Å². The van der Waals surface area contributed by atoms with Gasteiger partial charge in [-0.15, -0.1) is 0 Å². The van der Waals surface area contributed by atoms with Gasteiger partial charge in [-0.25, -0.2) is 4.39 Å². The predicted octanol–water partition coefficient (Wildman–Crippen LogP) is 0.776. The number of halogens is 1. The summed E-state index contributed by atoms with van der Waals surface area (Å²) in [5, 5.41) is 6.34. The minimum Gasteiger partial charge on any atom is -0.360 e. The Hall–Kier alpha value is -2.21.